The first kappa shape index (κ1) is 17.4. The zero-order valence-corrected chi connectivity index (χ0v) is 15.2. The van der Waals surface area contributed by atoms with E-state index in [1.54, 1.807) is 38.1 Å². The normalized spacial score (nSPS) is 11.4. The molecule has 0 amide bonds. The van der Waals surface area contributed by atoms with Crippen LogP contribution in [0.1, 0.15) is 51.4 Å². The van der Waals surface area contributed by atoms with Gasteiger partial charge >= 0.3 is 5.97 Å². The van der Waals surface area contributed by atoms with Crippen LogP contribution >= 0.6 is 0 Å². The molecule has 20 heavy (non-hydrogen) atoms. The van der Waals surface area contributed by atoms with E-state index in [1.807, 2.05) is 20.8 Å². The van der Waals surface area contributed by atoms with Crippen LogP contribution < -0.4 is 0 Å². The van der Waals surface area contributed by atoms with Crippen molar-refractivity contribution in [1.29, 1.82) is 0 Å². The van der Waals surface area contributed by atoms with Crippen LogP contribution in [0.15, 0.2) is 24.3 Å². The minimum atomic E-state index is -1.17. The number of carbonyl (C=O) groups is 2. The van der Waals surface area contributed by atoms with Gasteiger partial charge in [0.25, 0.3) is 0 Å². The van der Waals surface area contributed by atoms with Crippen LogP contribution in [0, 0.1) is 11.5 Å². The molecule has 3 nitrogen and oxygen atoms in total. The maximum absolute atomic E-state index is 12.3. The maximum Gasteiger partial charge on any atom is 0.312 e. The van der Waals surface area contributed by atoms with Crippen molar-refractivity contribution >= 4 is 11.8 Å². The Morgan fingerprint density at radius 2 is 1.85 bits per heavy atom. The van der Waals surface area contributed by atoms with Gasteiger partial charge in [-0.3, -0.25) is 4.79 Å². The molecular weight excluding hydrogens is 491 g/mol. The van der Waals surface area contributed by atoms with Gasteiger partial charge in [-0.2, -0.15) is 30.3 Å². The van der Waals surface area contributed by atoms with Crippen molar-refractivity contribution in [2.24, 2.45) is 5.41 Å². The zero-order chi connectivity index (χ0) is 14.7. The van der Waals surface area contributed by atoms with Gasteiger partial charge in [0.2, 0.25) is 0 Å². The summed E-state index contributed by atoms with van der Waals surface area (Å²) < 4.78 is 5.41. The van der Waals surface area contributed by atoms with Crippen molar-refractivity contribution in [3.63, 3.8) is 0 Å². The Labute approximate surface area is 115 Å². The molecule has 0 unspecified atom stereocenters. The predicted molar refractivity (Wildman–Crippen MR) is 73.9 cm³/mol. The van der Waals surface area contributed by atoms with E-state index in [2.05, 4.69) is 6.07 Å². The van der Waals surface area contributed by atoms with Gasteiger partial charge in [0.15, 0.2) is 11.4 Å². The van der Waals surface area contributed by atoms with E-state index < -0.39 is 11.0 Å². The fourth-order valence-electron chi connectivity index (χ4n) is 1.44. The Kier molecular flexibility index (Phi) is 5.21. The van der Waals surface area contributed by atoms with Crippen molar-refractivity contribution in [1.82, 2.24) is 0 Å². The van der Waals surface area contributed by atoms with Gasteiger partial charge < -0.3 is 9.53 Å². The molecule has 1 aromatic rings. The van der Waals surface area contributed by atoms with Crippen LogP contribution in [0.2, 0.25) is 0 Å². The Morgan fingerprint density at radius 3 is 2.30 bits per heavy atom. The van der Waals surface area contributed by atoms with Crippen LogP contribution in [0.4, 0.5) is 0 Å². The minimum absolute atomic E-state index is 0. The summed E-state index contributed by atoms with van der Waals surface area (Å²) in [7, 11) is 0. The Morgan fingerprint density at radius 1 is 1.25 bits per heavy atom. The number of Topliss-reactive ketones (excluding diaryl/α,β-unsaturated/α-hetero) is 1. The van der Waals surface area contributed by atoms with Crippen LogP contribution in [0.3, 0.4) is 0 Å². The van der Waals surface area contributed by atoms with Gasteiger partial charge in [-0.1, -0.05) is 12.5 Å². The summed E-state index contributed by atoms with van der Waals surface area (Å²) in [5.74, 6) is -0.571. The minimum Gasteiger partial charge on any atom is -0.452 e. The molecule has 114 valence electrons. The molecule has 4 heteroatoms. The predicted octanol–water partition coefficient (Wildman–Crippen LogP) is 3.43. The Bertz CT molecular complexity index is 464. The number of ether oxygens (including phenoxy) is 1. The second-order valence-electron chi connectivity index (χ2n) is 5.76. The molecule has 0 atom stereocenters. The van der Waals surface area contributed by atoms with Crippen molar-refractivity contribution in [2.75, 3.05) is 0 Å². The van der Waals surface area contributed by atoms with E-state index >= 15 is 0 Å². The van der Waals surface area contributed by atoms with E-state index in [4.69, 9.17) is 4.74 Å². The molecule has 0 aliphatic rings. The summed E-state index contributed by atoms with van der Waals surface area (Å²) in [5, 5.41) is 0. The first-order chi connectivity index (χ1) is 8.70. The van der Waals surface area contributed by atoms with Crippen molar-refractivity contribution in [3.8, 4) is 0 Å². The average molecular weight is 512 g/mol. The number of rotatable bonds is 5. The molecule has 1 rings (SSSR count). The summed E-state index contributed by atoms with van der Waals surface area (Å²) in [4.78, 5) is 24.4. The number of ketones is 1. The molecule has 0 aromatic heterocycles. The average Bonchev–Trinajstić information content (AvgIpc) is 2.38. The quantitative estimate of drug-likeness (QED) is 0.345. The van der Waals surface area contributed by atoms with Crippen molar-refractivity contribution in [2.45, 2.75) is 46.6 Å². The van der Waals surface area contributed by atoms with E-state index in [1.165, 1.54) is 0 Å². The summed E-state index contributed by atoms with van der Waals surface area (Å²) in [6.45, 7) is 8.78. The first-order valence-corrected chi connectivity index (χ1v) is 6.45. The molecule has 1 aromatic carbocycles. The largest absolute Gasteiger partial charge is 0.452 e. The fourth-order valence-corrected chi connectivity index (χ4v) is 1.44. The van der Waals surface area contributed by atoms with Gasteiger partial charge in [-0.25, -0.2) is 0 Å². The first-order valence-electron chi connectivity index (χ1n) is 6.45. The van der Waals surface area contributed by atoms with Gasteiger partial charge in [0, 0.05) is 0 Å². The van der Waals surface area contributed by atoms with Crippen molar-refractivity contribution in [3.05, 3.63) is 35.9 Å². The third kappa shape index (κ3) is 3.67. The number of carbonyl (C=O) groups excluding carboxylic acids is 2. The summed E-state index contributed by atoms with van der Waals surface area (Å²) >= 11 is 0. The second-order valence-corrected chi connectivity index (χ2v) is 5.76. The molecular formula is C16H21CfO3-. The topological polar surface area (TPSA) is 43.4 Å². The van der Waals surface area contributed by atoms with E-state index in [9.17, 15) is 9.59 Å². The monoisotopic (exact) mass is 510 g/mol. The number of hydrogen-bond donors (Lipinski definition) is 0. The molecule has 0 radical (unpaired) electrons. The van der Waals surface area contributed by atoms with Gasteiger partial charge in [-0.05, 0) is 34.1 Å². The molecule has 0 fully saturated rings. The second kappa shape index (κ2) is 6.00. The summed E-state index contributed by atoms with van der Waals surface area (Å²) in [6, 6.07) is 9.60. The number of benzene rings is 1. The molecule has 0 aliphatic carbocycles. The smallest absolute Gasteiger partial charge is 0.312 e. The molecule has 0 saturated heterocycles. The van der Waals surface area contributed by atoms with Crippen LogP contribution in [-0.4, -0.2) is 17.4 Å². The van der Waals surface area contributed by atoms with Gasteiger partial charge in [0.05, 0.1) is 5.41 Å². The van der Waals surface area contributed by atoms with Gasteiger partial charge in [-0.15, -0.1) is 0 Å². The standard InChI is InChI=1S/C16H21O3.Cf/c1-6-15(2,3)14(18)19-16(4,5)13(17)12-10-8-7-9-11-12;/h7-8,10-11H,6H2,1-5H3;/q-1;. The van der Waals surface area contributed by atoms with E-state index in [-0.39, 0.29) is 11.8 Å². The molecule has 0 saturated carbocycles. The Hall–Kier alpha value is -2.64. The fraction of sp³-hybridized carbons (Fsp3) is 0.500. The molecule has 0 spiro atoms. The molecule has 0 aliphatic heterocycles. The van der Waals surface area contributed by atoms with Crippen LogP contribution in [-0.2, 0) is 9.53 Å². The Balaban J connectivity index is 0.00000361. The zero-order valence-electron chi connectivity index (χ0n) is 12.6. The molecule has 0 N–H and O–H groups in total. The third-order valence-corrected chi connectivity index (χ3v) is 3.30. The van der Waals surface area contributed by atoms with Crippen LogP contribution in [0.25, 0.3) is 0 Å². The van der Waals surface area contributed by atoms with E-state index in [0.717, 1.165) is 0 Å². The third-order valence-electron chi connectivity index (χ3n) is 3.30. The van der Waals surface area contributed by atoms with E-state index in [0.29, 0.717) is 12.0 Å². The summed E-state index contributed by atoms with van der Waals surface area (Å²) in [6.07, 6.45) is 0.662. The molecule has 0 heterocycles. The number of hydrogen-bond acceptors (Lipinski definition) is 3. The van der Waals surface area contributed by atoms with Crippen LogP contribution in [0.5, 0.6) is 0 Å². The van der Waals surface area contributed by atoms with Crippen molar-refractivity contribution < 1.29 is 14.3 Å². The molecule has 0 bridgehead atoms. The summed E-state index contributed by atoms with van der Waals surface area (Å²) in [5.41, 5.74) is -1.26. The number of esters is 1. The maximum atomic E-state index is 12.3. The SMILES string of the molecule is CCC(C)(C)C(=O)OC(C)(C)C(=O)c1c[c-]ccc1.[Cf]. The van der Waals surface area contributed by atoms with Gasteiger partial charge in [0.1, 0.15) is 0 Å².